The molecule has 0 saturated carbocycles. The average molecular weight is 1670 g/mol. The molecule has 4 N–H and O–H groups in total. The summed E-state index contributed by atoms with van der Waals surface area (Å²) in [6.07, 6.45) is 2.74. The molecule has 0 radical (unpaired) electrons. The smallest absolute Gasteiger partial charge is 0.257 e. The van der Waals surface area contributed by atoms with Gasteiger partial charge in [-0.3, -0.25) is 40.4 Å². The van der Waals surface area contributed by atoms with E-state index in [1.807, 2.05) is 133 Å². The highest BCUT2D eigenvalue weighted by atomic mass is 32.1. The van der Waals surface area contributed by atoms with Gasteiger partial charge >= 0.3 is 0 Å². The molecule has 0 fully saturated rings. The quantitative estimate of drug-likeness (QED) is 0.0578. The molecule has 18 heteroatoms. The Balaban J connectivity index is 0.000000139. The average Bonchev–Trinajstić information content (AvgIpc) is 1.80. The van der Waals surface area contributed by atoms with Gasteiger partial charge in [-0.05, 0) is 259 Å². The fourth-order valence-electron chi connectivity index (χ4n) is 14.5. The van der Waals surface area contributed by atoms with E-state index in [9.17, 15) is 23.6 Å². The molecule has 12 aromatic carbocycles. The van der Waals surface area contributed by atoms with Crippen molar-refractivity contribution in [3.63, 3.8) is 0 Å². The summed E-state index contributed by atoms with van der Waals surface area (Å²) in [5.74, 6) is 0.281. The molecule has 0 aliphatic carbocycles. The molecule has 16 aromatic rings. The van der Waals surface area contributed by atoms with Crippen LogP contribution in [0.1, 0.15) is 142 Å². The van der Waals surface area contributed by atoms with Crippen LogP contribution in [0, 0.1) is 88.9 Å². The minimum atomic E-state index is -0.452. The summed E-state index contributed by atoms with van der Waals surface area (Å²) in [4.78, 5) is 68.1. The van der Waals surface area contributed by atoms with Crippen LogP contribution in [-0.4, -0.2) is 43.6 Å². The lowest BCUT2D eigenvalue weighted by molar-refractivity contribution is 0.101. The topological polar surface area (TPSA) is 177 Å². The Bertz CT molecular complexity index is 5780. The number of rotatable bonds is 20. The largest absolute Gasteiger partial charge is 0.457 e. The third-order valence-electron chi connectivity index (χ3n) is 20.2. The zero-order valence-corrected chi connectivity index (χ0v) is 72.9. The second kappa shape index (κ2) is 40.0. The summed E-state index contributed by atoms with van der Waals surface area (Å²) in [7, 11) is 0. The first kappa shape index (κ1) is 85.6. The van der Waals surface area contributed by atoms with E-state index in [-0.39, 0.29) is 23.3 Å². The fraction of sp³-hybridized carbons (Fsp3) is 0.146. The number of aryl methyl sites for hydroxylation is 12. The number of nitrogens with one attached hydrogen (secondary N) is 4. The van der Waals surface area contributed by atoms with Crippen molar-refractivity contribution in [1.29, 1.82) is 0 Å². The van der Waals surface area contributed by atoms with Crippen LogP contribution in [0.4, 0.5) is 24.9 Å². The van der Waals surface area contributed by atoms with Crippen LogP contribution in [0.2, 0.25) is 0 Å². The Kier molecular flexibility index (Phi) is 28.3. The lowest BCUT2D eigenvalue weighted by Gasteiger charge is -2.12. The maximum atomic E-state index is 13.4. The summed E-state index contributed by atoms with van der Waals surface area (Å²) >= 11 is 5.68. The Morgan fingerprint density at radius 3 is 0.793 bits per heavy atom. The monoisotopic (exact) mass is 1670 g/mol. The molecule has 16 rings (SSSR count). The van der Waals surface area contributed by atoms with Gasteiger partial charge in [0, 0.05) is 66.0 Å². The van der Waals surface area contributed by atoms with Crippen molar-refractivity contribution >= 4 is 89.5 Å². The van der Waals surface area contributed by atoms with Crippen molar-refractivity contribution in [1.82, 2.24) is 19.9 Å². The number of aromatic nitrogens is 4. The van der Waals surface area contributed by atoms with E-state index in [0.29, 0.717) is 37.2 Å². The molecule has 0 spiro atoms. The maximum absolute atomic E-state index is 13.4. The third-order valence-corrected chi connectivity index (χ3v) is 23.3. The number of halogens is 1. The van der Waals surface area contributed by atoms with Crippen molar-refractivity contribution < 1.29 is 28.3 Å². The Morgan fingerprint density at radius 2 is 0.521 bits per heavy atom. The van der Waals surface area contributed by atoms with Crippen molar-refractivity contribution in [2.75, 3.05) is 21.3 Å². The number of ether oxygens (including phenoxy) is 1. The number of hydrogen-bond donors (Lipinski definition) is 4. The number of nitrogens with zero attached hydrogens (tertiary/aromatic N) is 4. The van der Waals surface area contributed by atoms with Gasteiger partial charge in [0.15, 0.2) is 20.5 Å². The van der Waals surface area contributed by atoms with Crippen molar-refractivity contribution in [2.24, 2.45) is 0 Å². The highest BCUT2D eigenvalue weighted by Gasteiger charge is 2.21. The van der Waals surface area contributed by atoms with Gasteiger partial charge in [-0.25, -0.2) is 24.3 Å². The number of hydrogen-bond acceptors (Lipinski definition) is 13. The standard InChI is InChI=1S/3C26H24N2OS.C25H21FN2O2S/c3*1-17-9-11-20(12-10-17)15-21-13-18(2)24(19(3)14-21)23-16-30-26(27-23)28-25(29)22-7-5-4-6-8-22;1-15-7-9-20(10-8-15)30-21-11-16(2)23(17(3)12-21)22-14-31-25(27-22)28-24(29)18-5-4-6-19(26)13-18/h3*4-14,16H,15H2,1-3H3,(H,27,28,29);4-14H,1-3H3,(H,27,28,29). The van der Waals surface area contributed by atoms with Crippen molar-refractivity contribution in [3.8, 4) is 56.5 Å². The van der Waals surface area contributed by atoms with Gasteiger partial charge in [0.05, 0.1) is 22.8 Å². The molecular formula is C103H93FN8O5S4. The summed E-state index contributed by atoms with van der Waals surface area (Å²) < 4.78 is 19.4. The number of benzene rings is 12. The molecule has 0 aliphatic heterocycles. The van der Waals surface area contributed by atoms with Crippen LogP contribution < -0.4 is 26.0 Å². The van der Waals surface area contributed by atoms with Gasteiger partial charge in [0.1, 0.15) is 17.3 Å². The van der Waals surface area contributed by atoms with Gasteiger partial charge in [-0.15, -0.1) is 45.3 Å². The van der Waals surface area contributed by atoms with Crippen molar-refractivity contribution in [2.45, 2.75) is 102 Å². The summed E-state index contributed by atoms with van der Waals surface area (Å²) in [6.45, 7) is 25.1. The number of thiazole rings is 4. The minimum absolute atomic E-state index is 0.140. The molecule has 0 atom stereocenters. The van der Waals surface area contributed by atoms with Crippen LogP contribution in [0.25, 0.3) is 45.0 Å². The lowest BCUT2D eigenvalue weighted by Crippen LogP contribution is -2.11. The zero-order chi connectivity index (χ0) is 85.2. The number of carbonyl (C=O) groups is 4. The van der Waals surface area contributed by atoms with Crippen LogP contribution in [-0.2, 0) is 19.3 Å². The number of carbonyl (C=O) groups excluding carboxylic acids is 4. The van der Waals surface area contributed by atoms with E-state index in [1.54, 1.807) is 42.5 Å². The molecule has 4 heterocycles. The number of amides is 4. The van der Waals surface area contributed by atoms with Gasteiger partial charge in [-0.2, -0.15) is 0 Å². The van der Waals surface area contributed by atoms with E-state index in [2.05, 4.69) is 213 Å². The zero-order valence-electron chi connectivity index (χ0n) is 69.6. The van der Waals surface area contributed by atoms with Crippen molar-refractivity contribution in [3.05, 3.63) is 411 Å². The Labute approximate surface area is 723 Å². The number of anilines is 4. The molecule has 606 valence electrons. The highest BCUT2D eigenvalue weighted by Crippen LogP contribution is 2.38. The van der Waals surface area contributed by atoms with Gasteiger partial charge < -0.3 is 4.74 Å². The van der Waals surface area contributed by atoms with E-state index in [4.69, 9.17) is 4.74 Å². The minimum Gasteiger partial charge on any atom is -0.457 e. The van der Waals surface area contributed by atoms with Gasteiger partial charge in [-0.1, -0.05) is 204 Å². The van der Waals surface area contributed by atoms with Crippen LogP contribution >= 0.6 is 45.3 Å². The normalized spacial score (nSPS) is 10.8. The molecule has 13 nitrogen and oxygen atoms in total. The van der Waals surface area contributed by atoms with Gasteiger partial charge in [0.25, 0.3) is 23.6 Å². The van der Waals surface area contributed by atoms with Gasteiger partial charge in [0.2, 0.25) is 0 Å². The Hall–Kier alpha value is -13.2. The summed E-state index contributed by atoms with van der Waals surface area (Å²) in [5.41, 5.74) is 32.1. The summed E-state index contributed by atoms with van der Waals surface area (Å²) in [5, 5.41) is 21.7. The fourth-order valence-corrected chi connectivity index (χ4v) is 17.3. The molecule has 0 unspecified atom stereocenters. The third kappa shape index (κ3) is 23.2. The lowest BCUT2D eigenvalue weighted by atomic mass is 9.94. The Morgan fingerprint density at radius 1 is 0.273 bits per heavy atom. The first-order valence-corrected chi connectivity index (χ1v) is 43.2. The maximum Gasteiger partial charge on any atom is 0.257 e. The molecular weight excluding hydrogens is 1580 g/mol. The van der Waals surface area contributed by atoms with Crippen LogP contribution in [0.5, 0.6) is 11.5 Å². The summed E-state index contributed by atoms with van der Waals surface area (Å²) in [6, 6.07) is 84.6. The predicted octanol–water partition coefficient (Wildman–Crippen LogP) is 26.7. The second-order valence-corrected chi connectivity index (χ2v) is 33.7. The molecule has 4 amide bonds. The van der Waals surface area contributed by atoms with E-state index < -0.39 is 11.7 Å². The molecule has 0 saturated heterocycles. The molecule has 121 heavy (non-hydrogen) atoms. The first-order chi connectivity index (χ1) is 58.4. The first-order valence-electron chi connectivity index (χ1n) is 39.7. The van der Waals surface area contributed by atoms with Crippen LogP contribution in [0.15, 0.2) is 282 Å². The SMILES string of the molecule is Cc1ccc(Cc2cc(C)c(-c3csc(NC(=O)c4ccccc4)n3)c(C)c2)cc1.Cc1ccc(Cc2cc(C)c(-c3csc(NC(=O)c4ccccc4)n3)c(C)c2)cc1.Cc1ccc(Cc2cc(C)c(-c3csc(NC(=O)c4ccccc4)n3)c(C)c2)cc1.Cc1ccc(Oc2cc(C)c(-c3csc(NC(=O)c4cccc(F)c4)n3)c(C)c2)cc1. The molecule has 0 aliphatic rings. The van der Waals surface area contributed by atoms with E-state index in [1.165, 1.54) is 153 Å². The van der Waals surface area contributed by atoms with E-state index in [0.717, 1.165) is 86.9 Å². The second-order valence-electron chi connectivity index (χ2n) is 30.2. The molecule has 4 aromatic heterocycles. The predicted molar refractivity (Wildman–Crippen MR) is 499 cm³/mol. The van der Waals surface area contributed by atoms with E-state index >= 15 is 0 Å². The van der Waals surface area contributed by atoms with Crippen LogP contribution in [0.3, 0.4) is 0 Å². The highest BCUT2D eigenvalue weighted by molar-refractivity contribution is 7.15. The molecule has 0 bridgehead atoms.